The van der Waals surface area contributed by atoms with E-state index in [4.69, 9.17) is 28.9 Å². The quantitative estimate of drug-likeness (QED) is 0.0469. The topological polar surface area (TPSA) is 405 Å². The number of piperidine rings is 2. The number of para-hydroxylation sites is 1. The summed E-state index contributed by atoms with van der Waals surface area (Å²) in [6, 6.07) is 29.4. The molecule has 11 aromatic heterocycles. The number of rotatable bonds is 19. The number of aromatic nitrogens is 21. The third-order valence-electron chi connectivity index (χ3n) is 26.8. The first-order valence-electron chi connectivity index (χ1n) is 48.7. The molecule has 0 bridgehead atoms. The highest BCUT2D eigenvalue weighted by Gasteiger charge is 2.35. The molecule has 18 heterocycles. The monoisotopic (exact) mass is 1950 g/mol. The van der Waals surface area contributed by atoms with Gasteiger partial charge in [0.1, 0.15) is 73.4 Å². The van der Waals surface area contributed by atoms with Gasteiger partial charge in [0.05, 0.1) is 60.7 Å². The number of hydrogen-bond donors (Lipinski definition) is 5. The Morgan fingerprint density at radius 2 is 0.831 bits per heavy atom. The Kier molecular flexibility index (Phi) is 31.0. The van der Waals surface area contributed by atoms with Crippen molar-refractivity contribution in [3.63, 3.8) is 0 Å². The van der Waals surface area contributed by atoms with Gasteiger partial charge in [0, 0.05) is 108 Å². The number of nitrogens with zero attached hydrogens (tertiary/aromatic N) is 19. The lowest BCUT2D eigenvalue weighted by Gasteiger charge is -2.29. The minimum Gasteiger partial charge on any atom is -0.405 e. The predicted molar refractivity (Wildman–Crippen MR) is 518 cm³/mol. The third kappa shape index (κ3) is 23.9. The molecule has 7 fully saturated rings. The number of Topliss-reactive ketones (excluding diaryl/α,β-unsaturated/α-hetero) is 1. The van der Waals surface area contributed by atoms with Crippen LogP contribution in [0.1, 0.15) is 221 Å². The Balaban J connectivity index is 0.000000113. The molecule has 15 aromatic rings. The number of likely N-dealkylation sites (tertiary alicyclic amines) is 2. The molecule has 7 aliphatic heterocycles. The van der Waals surface area contributed by atoms with Gasteiger partial charge in [-0.3, -0.25) is 28.8 Å². The van der Waals surface area contributed by atoms with Crippen molar-refractivity contribution in [1.82, 2.24) is 113 Å². The van der Waals surface area contributed by atoms with E-state index in [1.54, 1.807) is 61.6 Å². The number of alkyl halides is 3. The second-order valence-electron chi connectivity index (χ2n) is 37.8. The summed E-state index contributed by atoms with van der Waals surface area (Å²) in [4.78, 5) is 120. The number of aliphatic imine (C=N–C) groups is 1. The van der Waals surface area contributed by atoms with Crippen LogP contribution in [-0.4, -0.2) is 217 Å². The average molecular weight is 1950 g/mol. The van der Waals surface area contributed by atoms with Crippen LogP contribution >= 0.6 is 0 Å². The van der Waals surface area contributed by atoms with E-state index in [2.05, 4.69) is 117 Å². The molecule has 1 aliphatic carbocycles. The highest BCUT2D eigenvalue weighted by Crippen LogP contribution is 2.38. The molecule has 0 spiro atoms. The van der Waals surface area contributed by atoms with Crippen molar-refractivity contribution < 1.29 is 54.8 Å². The van der Waals surface area contributed by atoms with E-state index in [9.17, 15) is 55.1 Å². The fourth-order valence-corrected chi connectivity index (χ4v) is 19.1. The summed E-state index contributed by atoms with van der Waals surface area (Å²) < 4.78 is 116. The number of nitrogens with one attached hydrogen (secondary N) is 5. The molecule has 0 amide bonds. The van der Waals surface area contributed by atoms with E-state index in [-0.39, 0.29) is 112 Å². The van der Waals surface area contributed by atoms with Crippen molar-refractivity contribution in [2.45, 2.75) is 198 Å². The van der Waals surface area contributed by atoms with Crippen LogP contribution in [0.3, 0.4) is 0 Å². The number of ketones is 1. The lowest BCUT2D eigenvalue weighted by molar-refractivity contribution is -0.274. The molecule has 1 atom stereocenters. The standard InChI is InChI=1S/C19H20F3N5O2.C18H21N5O.C17H16F2N4O2.C17H17FN4O2.C16H22N2O2.C14H18N4O2/c1-26-8-6-13(7-9-26)27-17-14(11-23-27)18(28)25-16(24-17)10-12-4-2-3-5-15(12)29-19(20,21)22;1-22-9-7-14(8-10-22)23-17-15(12-19-23)18(24)21-16(20-17)11-13-5-3-2-4-6-13;18-13-3-1-2-10(15(13)19)8-14-21-16-12(17(24)22-14)9-20-23(16)11-4-6-25-7-5-11;18-14-4-2-1-3-11(14)9-15-20-16-13(17(23)21-15)10-19-22(16)12-5-7-24-8-6-12;1-11(2)9-12-10-15(19)14-3-6-18(16(14)17-12)13-4-7-20-8-5-13;19-14-10-8-15-18(12-3-1-2-6-20-12)13(10)16-11(17-14)7-9-4-5-9/h2-5,11,13H,6-10H2,1H3,(H,24,25,28);2-6,12,14H,7-11H2,1H3,(H,20,21,24);1-3,9,11H,4-8H2,(H,21,22,24);1-4,10,12H,5-9H2,(H,20,21,23);3,6,11,13H,4-5,7-10H2,1-2H3;8-9,12H,1-7H2,(H,16,17,19). The van der Waals surface area contributed by atoms with Crippen LogP contribution in [0, 0.1) is 29.3 Å². The van der Waals surface area contributed by atoms with E-state index in [0.717, 1.165) is 177 Å². The number of carbonyl (C=O) groups is 1. The maximum Gasteiger partial charge on any atom is 0.573 e. The molecule has 8 aliphatic rings. The summed E-state index contributed by atoms with van der Waals surface area (Å²) >= 11 is 0. The minimum absolute atomic E-state index is 0.00395. The molecular weight excluding hydrogens is 1840 g/mol. The highest BCUT2D eigenvalue weighted by molar-refractivity contribution is 6.15. The zero-order valence-electron chi connectivity index (χ0n) is 79.5. The van der Waals surface area contributed by atoms with Crippen molar-refractivity contribution in [1.29, 1.82) is 0 Å². The van der Waals surface area contributed by atoms with Gasteiger partial charge in [-0.15, -0.1) is 13.2 Å². The van der Waals surface area contributed by atoms with Crippen LogP contribution in [-0.2, 0) is 51.1 Å². The average Bonchev–Trinajstić information content (AvgIpc) is 1.63. The van der Waals surface area contributed by atoms with Gasteiger partial charge in [0.2, 0.25) is 0 Å². The molecule has 1 unspecified atom stereocenters. The van der Waals surface area contributed by atoms with E-state index >= 15 is 0 Å². The summed E-state index contributed by atoms with van der Waals surface area (Å²) in [7, 11) is 4.19. The molecule has 35 nitrogen and oxygen atoms in total. The molecule has 1 saturated carbocycles. The predicted octanol–water partition coefficient (Wildman–Crippen LogP) is 14.7. The fraction of sp³-hybridized carbons (Fsp3) is 0.455. The van der Waals surface area contributed by atoms with Crippen LogP contribution in [0.2, 0.25) is 0 Å². The fourth-order valence-electron chi connectivity index (χ4n) is 19.1. The summed E-state index contributed by atoms with van der Waals surface area (Å²) in [6.07, 6.45) is 22.8. The number of H-pyrrole nitrogens is 5. The molecule has 23 rings (SSSR count). The molecule has 5 N–H and O–H groups in total. The number of ether oxygens (including phenoxy) is 5. The molecular formula is C101H114F6N24O11. The van der Waals surface area contributed by atoms with E-state index in [0.29, 0.717) is 136 Å². The summed E-state index contributed by atoms with van der Waals surface area (Å²) in [5, 5.41) is 24.1. The van der Waals surface area contributed by atoms with Crippen molar-refractivity contribution >= 4 is 72.5 Å². The maximum atomic E-state index is 13.9. The van der Waals surface area contributed by atoms with E-state index in [1.807, 2.05) is 47.3 Å². The first kappa shape index (κ1) is 98.6. The number of fused-ring (bicyclic) bond motifs is 6. The lowest BCUT2D eigenvalue weighted by atomic mass is 9.97. The smallest absolute Gasteiger partial charge is 0.405 e. The van der Waals surface area contributed by atoms with Crippen LogP contribution in [0.5, 0.6) is 5.75 Å². The number of hydrogen-bond acceptors (Lipinski definition) is 24. The summed E-state index contributed by atoms with van der Waals surface area (Å²) in [5.41, 5.74) is 5.56. The van der Waals surface area contributed by atoms with Crippen molar-refractivity contribution in [3.8, 4) is 5.75 Å². The third-order valence-corrected chi connectivity index (χ3v) is 26.8. The van der Waals surface area contributed by atoms with E-state index < -0.39 is 18.0 Å². The second kappa shape index (κ2) is 44.7. The normalized spacial score (nSPS) is 17.8. The van der Waals surface area contributed by atoms with Crippen molar-refractivity contribution in [3.05, 3.63) is 266 Å². The van der Waals surface area contributed by atoms with Gasteiger partial charge in [-0.2, -0.15) is 25.5 Å². The van der Waals surface area contributed by atoms with Gasteiger partial charge < -0.3 is 63.0 Å². The van der Waals surface area contributed by atoms with Gasteiger partial charge in [-0.25, -0.2) is 66.5 Å². The van der Waals surface area contributed by atoms with Crippen LogP contribution < -0.4 is 32.5 Å². The maximum absolute atomic E-state index is 13.9. The molecule has 4 aromatic carbocycles. The Morgan fingerprint density at radius 3 is 1.30 bits per heavy atom. The van der Waals surface area contributed by atoms with Crippen LogP contribution in [0.25, 0.3) is 55.2 Å². The molecule has 6 saturated heterocycles. The number of carbonyl (C=O) groups excluding carboxylic acids is 1. The highest BCUT2D eigenvalue weighted by atomic mass is 19.4. The van der Waals surface area contributed by atoms with Gasteiger partial charge in [0.15, 0.2) is 51.9 Å². The van der Waals surface area contributed by atoms with Gasteiger partial charge in [-0.05, 0) is 196 Å². The SMILES string of the molecule is CC(C)CC1=Nc2c(ccn2C2CCOCC2)C(=O)C1.CN1CCC(n2ncc3c(=O)[nH]c(Cc4ccccc4)nc32)CC1.CN1CCC(n2ncc3c(=O)[nH]c(Cc4ccccc4OC(F)(F)F)nc32)CC1.O=c1[nH]c(CC2CC2)nc2c1cnn2C1CCCCO1.O=c1[nH]c(Cc2cccc(F)c2F)nc2c1cnn2C1CCOCC1.O=c1[nH]c(Cc2ccccc2F)nc2c1cnn2C1CCOCC1. The Bertz CT molecular complexity index is 7270. The second-order valence-corrected chi connectivity index (χ2v) is 37.8. The Morgan fingerprint density at radius 1 is 0.423 bits per heavy atom. The first-order valence-corrected chi connectivity index (χ1v) is 48.7. The largest absolute Gasteiger partial charge is 0.573 e. The van der Waals surface area contributed by atoms with E-state index in [1.165, 1.54) is 61.6 Å². The molecule has 0 radical (unpaired) electrons. The van der Waals surface area contributed by atoms with Crippen molar-refractivity contribution in [2.75, 3.05) is 86.5 Å². The molecule has 746 valence electrons. The number of aromatic amines is 5. The zero-order valence-corrected chi connectivity index (χ0v) is 79.5. The number of benzene rings is 4. The summed E-state index contributed by atoms with van der Waals surface area (Å²) in [5.74, 6) is 2.29. The van der Waals surface area contributed by atoms with Crippen LogP contribution in [0.15, 0.2) is 169 Å². The Hall–Kier alpha value is -13.6. The van der Waals surface area contributed by atoms with Crippen LogP contribution in [0.4, 0.5) is 32.2 Å². The minimum atomic E-state index is -4.80. The summed E-state index contributed by atoms with van der Waals surface area (Å²) in [6.45, 7) is 13.3. The van der Waals surface area contributed by atoms with Gasteiger partial charge in [-0.1, -0.05) is 92.7 Å². The van der Waals surface area contributed by atoms with Crippen molar-refractivity contribution in [2.24, 2.45) is 16.8 Å². The Labute approximate surface area is 809 Å². The molecule has 142 heavy (non-hydrogen) atoms. The number of halogens is 6. The van der Waals surface area contributed by atoms with Gasteiger partial charge >= 0.3 is 6.36 Å². The van der Waals surface area contributed by atoms with Gasteiger partial charge in [0.25, 0.3) is 27.8 Å². The first-order chi connectivity index (χ1) is 68.8. The lowest BCUT2D eigenvalue weighted by Crippen LogP contribution is -2.32. The molecule has 41 heteroatoms. The zero-order chi connectivity index (χ0) is 98.7.